The van der Waals surface area contributed by atoms with Gasteiger partial charge in [-0.3, -0.25) is 0 Å². The second-order valence-corrected chi connectivity index (χ2v) is 16.5. The molecule has 4 aromatic carbocycles. The van der Waals surface area contributed by atoms with Crippen LogP contribution in [0.5, 0.6) is 23.0 Å². The Morgan fingerprint density at radius 2 is 0.768 bits per heavy atom. The predicted octanol–water partition coefficient (Wildman–Crippen LogP) is 15.5. The zero-order chi connectivity index (χ0) is 40.3. The molecule has 0 aliphatic carbocycles. The number of hydrogen-bond donors (Lipinski definition) is 0. The highest BCUT2D eigenvalue weighted by Gasteiger charge is 2.22. The molecule has 0 aliphatic rings. The monoisotopic (exact) mass is 765 g/mol. The van der Waals surface area contributed by atoms with Crippen molar-refractivity contribution >= 4 is 32.3 Å². The first kappa shape index (κ1) is 45.1. The van der Waals surface area contributed by atoms with Crippen molar-refractivity contribution in [2.45, 2.75) is 158 Å². The minimum absolute atomic E-state index is 0.496. The summed E-state index contributed by atoms with van der Waals surface area (Å²) < 4.78 is 27.3. The summed E-state index contributed by atoms with van der Waals surface area (Å²) in [6.45, 7) is 20.9. The summed E-state index contributed by atoms with van der Waals surface area (Å²) in [4.78, 5) is 0. The van der Waals surface area contributed by atoms with Gasteiger partial charge in [0.05, 0.1) is 26.4 Å². The zero-order valence-corrected chi connectivity index (χ0v) is 36.7. The molecule has 4 heteroatoms. The average molecular weight is 765 g/mol. The molecule has 0 heterocycles. The Bertz CT molecular complexity index is 1800. The summed E-state index contributed by atoms with van der Waals surface area (Å²) >= 11 is 0. The Labute approximate surface area is 341 Å². The molecule has 4 rings (SSSR count). The first-order chi connectivity index (χ1) is 27.4. The van der Waals surface area contributed by atoms with E-state index in [9.17, 15) is 0 Å². The molecular formula is C52H76O4. The van der Waals surface area contributed by atoms with Crippen LogP contribution in [0.1, 0.15) is 164 Å². The molecule has 0 radical (unpaired) electrons. The molecular weight excluding hydrogens is 689 g/mol. The van der Waals surface area contributed by atoms with E-state index < -0.39 is 0 Å². The molecule has 0 N–H and O–H groups in total. The Morgan fingerprint density at radius 3 is 1.09 bits per heavy atom. The van der Waals surface area contributed by atoms with E-state index in [1.54, 1.807) is 0 Å². The van der Waals surface area contributed by atoms with Crippen LogP contribution < -0.4 is 18.9 Å². The zero-order valence-electron chi connectivity index (χ0n) is 36.7. The SMILES string of the molecule is C#Cc1cccc2c3cc(OCC(CC)CCCC)c(OCC(CC)CCCC)cc3c3cc(OCC(CC)CCCC)c(OCC(CC)CCCC)cc3c12. The van der Waals surface area contributed by atoms with Crippen LogP contribution in [0.25, 0.3) is 32.3 Å². The van der Waals surface area contributed by atoms with Gasteiger partial charge in [-0.2, -0.15) is 0 Å². The molecule has 0 aromatic heterocycles. The number of hydrogen-bond acceptors (Lipinski definition) is 4. The van der Waals surface area contributed by atoms with Gasteiger partial charge in [0.2, 0.25) is 0 Å². The van der Waals surface area contributed by atoms with Gasteiger partial charge in [0.1, 0.15) is 0 Å². The minimum Gasteiger partial charge on any atom is -0.489 e. The summed E-state index contributed by atoms with van der Waals surface area (Å²) in [5.74, 6) is 8.29. The lowest BCUT2D eigenvalue weighted by Crippen LogP contribution is -2.14. The largest absolute Gasteiger partial charge is 0.489 e. The number of terminal acetylenes is 1. The van der Waals surface area contributed by atoms with Crippen molar-refractivity contribution in [3.63, 3.8) is 0 Å². The maximum absolute atomic E-state index is 6.83. The van der Waals surface area contributed by atoms with Crippen LogP contribution in [0.15, 0.2) is 42.5 Å². The molecule has 4 aromatic rings. The normalized spacial score (nSPS) is 13.8. The number of rotatable bonds is 28. The molecule has 0 saturated carbocycles. The van der Waals surface area contributed by atoms with Crippen LogP contribution in [0, 0.1) is 36.0 Å². The van der Waals surface area contributed by atoms with E-state index in [1.807, 2.05) is 0 Å². The molecule has 0 amide bonds. The van der Waals surface area contributed by atoms with Crippen molar-refractivity contribution in [3.05, 3.63) is 48.0 Å². The van der Waals surface area contributed by atoms with E-state index in [0.717, 1.165) is 86.6 Å². The van der Waals surface area contributed by atoms with Gasteiger partial charge >= 0.3 is 0 Å². The number of fused-ring (bicyclic) bond motifs is 6. The minimum atomic E-state index is 0.496. The second kappa shape index (κ2) is 24.2. The van der Waals surface area contributed by atoms with Crippen LogP contribution in [0.3, 0.4) is 0 Å². The lowest BCUT2D eigenvalue weighted by molar-refractivity contribution is 0.199. The molecule has 56 heavy (non-hydrogen) atoms. The van der Waals surface area contributed by atoms with Crippen molar-refractivity contribution in [1.29, 1.82) is 0 Å². The van der Waals surface area contributed by atoms with Gasteiger partial charge in [0, 0.05) is 10.9 Å². The van der Waals surface area contributed by atoms with E-state index in [2.05, 4.69) is 104 Å². The van der Waals surface area contributed by atoms with Crippen LogP contribution >= 0.6 is 0 Å². The van der Waals surface area contributed by atoms with Gasteiger partial charge < -0.3 is 18.9 Å². The lowest BCUT2D eigenvalue weighted by atomic mass is 9.91. The van der Waals surface area contributed by atoms with Gasteiger partial charge in [-0.25, -0.2) is 0 Å². The highest BCUT2D eigenvalue weighted by atomic mass is 16.5. The van der Waals surface area contributed by atoms with Gasteiger partial charge in [-0.15, -0.1) is 6.42 Å². The lowest BCUT2D eigenvalue weighted by Gasteiger charge is -2.23. The van der Waals surface area contributed by atoms with Crippen molar-refractivity contribution in [3.8, 4) is 35.3 Å². The maximum atomic E-state index is 6.83. The Balaban J connectivity index is 1.96. The van der Waals surface area contributed by atoms with Crippen LogP contribution in [-0.2, 0) is 0 Å². The van der Waals surface area contributed by atoms with Crippen molar-refractivity contribution in [2.75, 3.05) is 26.4 Å². The van der Waals surface area contributed by atoms with Crippen LogP contribution in [0.4, 0.5) is 0 Å². The summed E-state index contributed by atoms with van der Waals surface area (Å²) in [7, 11) is 0. The molecule has 308 valence electrons. The van der Waals surface area contributed by atoms with Gasteiger partial charge in [-0.05, 0) is 107 Å². The first-order valence-electron chi connectivity index (χ1n) is 22.9. The van der Waals surface area contributed by atoms with E-state index in [0.29, 0.717) is 50.1 Å². The Morgan fingerprint density at radius 1 is 0.446 bits per heavy atom. The van der Waals surface area contributed by atoms with Gasteiger partial charge in [-0.1, -0.05) is 150 Å². The number of benzene rings is 4. The summed E-state index contributed by atoms with van der Waals surface area (Å²) in [6, 6.07) is 15.3. The third kappa shape index (κ3) is 12.2. The fourth-order valence-corrected chi connectivity index (χ4v) is 8.06. The van der Waals surface area contributed by atoms with Gasteiger partial charge in [0.15, 0.2) is 23.0 Å². The van der Waals surface area contributed by atoms with E-state index in [1.165, 1.54) is 77.0 Å². The highest BCUT2D eigenvalue weighted by Crippen LogP contribution is 2.46. The quantitative estimate of drug-likeness (QED) is 0.0426. The number of unbranched alkanes of at least 4 members (excludes halogenated alkanes) is 4. The standard InChI is InChI=1S/C52H76O4/c1-10-19-24-38(14-5)34-53-48-30-44-43-29-23-28-42(18-9)52(43)47-33-51(56-37-41(17-8)27-22-13-4)50(55-36-40(16-7)26-21-12-3)32-46(47)45(44)31-49(48)54-35-39(15-6)25-20-11-2/h9,23,28-33,38-41H,10-17,19-22,24-27,34-37H2,1-8H3. The van der Waals surface area contributed by atoms with Crippen molar-refractivity contribution in [1.82, 2.24) is 0 Å². The molecule has 0 fully saturated rings. The fourth-order valence-electron chi connectivity index (χ4n) is 8.06. The van der Waals surface area contributed by atoms with Gasteiger partial charge in [0.25, 0.3) is 0 Å². The Hall–Kier alpha value is -3.58. The third-order valence-electron chi connectivity index (χ3n) is 12.3. The average Bonchev–Trinajstić information content (AvgIpc) is 3.23. The molecule has 0 bridgehead atoms. The molecule has 4 nitrogen and oxygen atoms in total. The second-order valence-electron chi connectivity index (χ2n) is 16.5. The predicted molar refractivity (Wildman–Crippen MR) is 242 cm³/mol. The Kier molecular flexibility index (Phi) is 19.5. The molecule has 0 saturated heterocycles. The molecule has 0 spiro atoms. The first-order valence-corrected chi connectivity index (χ1v) is 22.9. The fraction of sp³-hybridized carbons (Fsp3) is 0.615. The molecule has 4 atom stereocenters. The van der Waals surface area contributed by atoms with E-state index in [4.69, 9.17) is 25.4 Å². The van der Waals surface area contributed by atoms with Crippen molar-refractivity contribution in [2.24, 2.45) is 23.7 Å². The summed E-state index contributed by atoms with van der Waals surface area (Å²) in [5, 5.41) is 6.61. The third-order valence-corrected chi connectivity index (χ3v) is 12.3. The maximum Gasteiger partial charge on any atom is 0.161 e. The molecule has 0 aliphatic heterocycles. The van der Waals surface area contributed by atoms with E-state index >= 15 is 0 Å². The summed E-state index contributed by atoms with van der Waals surface area (Å²) in [5.41, 5.74) is 0.879. The summed E-state index contributed by atoms with van der Waals surface area (Å²) in [6.07, 6.45) is 25.0. The van der Waals surface area contributed by atoms with E-state index in [-0.39, 0.29) is 0 Å². The smallest absolute Gasteiger partial charge is 0.161 e. The molecule has 4 unspecified atom stereocenters. The number of ether oxygens (including phenoxy) is 4. The van der Waals surface area contributed by atoms with Crippen molar-refractivity contribution < 1.29 is 18.9 Å². The topological polar surface area (TPSA) is 36.9 Å². The highest BCUT2D eigenvalue weighted by molar-refractivity contribution is 6.27. The van der Waals surface area contributed by atoms with Crippen LogP contribution in [0.2, 0.25) is 0 Å². The van der Waals surface area contributed by atoms with Crippen LogP contribution in [-0.4, -0.2) is 26.4 Å².